The molecule has 2 N–H and O–H groups in total. The molecule has 0 fully saturated rings. The predicted octanol–water partition coefficient (Wildman–Crippen LogP) is 8.65. The van der Waals surface area contributed by atoms with Crippen molar-refractivity contribution in [3.8, 4) is 0 Å². The second-order valence-electron chi connectivity index (χ2n) is 9.05. The molecule has 0 atom stereocenters. The maximum atomic E-state index is 13.1. The highest BCUT2D eigenvalue weighted by atomic mass is 16.1. The van der Waals surface area contributed by atoms with Crippen LogP contribution in [0.5, 0.6) is 0 Å². The largest absolute Gasteiger partial charge is 0.355 e. The van der Waals surface area contributed by atoms with Gasteiger partial charge in [-0.25, -0.2) is 0 Å². The van der Waals surface area contributed by atoms with Crippen molar-refractivity contribution in [2.45, 2.75) is 53.4 Å². The molecule has 4 aromatic carbocycles. The standard InChI is InChI=1S/C33H36N2O/c1-5-23-11-9-12-24(6-2)31(23)34-29-19-15-27(16-20-29)33(36)28-17-21-30(22-18-28)35-32-25(7-3)13-10-14-26(32)8-4/h9-22,34-35H,5-8H2,1-4H3. The van der Waals surface area contributed by atoms with Crippen molar-refractivity contribution in [3.05, 3.63) is 118 Å². The molecule has 184 valence electrons. The molecule has 0 heterocycles. The van der Waals surface area contributed by atoms with Gasteiger partial charge in [0.1, 0.15) is 0 Å². The molecule has 0 aliphatic carbocycles. The summed E-state index contributed by atoms with van der Waals surface area (Å²) in [5, 5.41) is 7.16. The lowest BCUT2D eigenvalue weighted by atomic mass is 10.0. The number of hydrogen-bond acceptors (Lipinski definition) is 3. The molecule has 3 heteroatoms. The van der Waals surface area contributed by atoms with Gasteiger partial charge in [-0.05, 0) is 96.5 Å². The second-order valence-corrected chi connectivity index (χ2v) is 9.05. The SMILES string of the molecule is CCc1cccc(CC)c1Nc1ccc(C(=O)c2ccc(Nc3c(CC)cccc3CC)cc2)cc1. The molecule has 36 heavy (non-hydrogen) atoms. The molecule has 4 rings (SSSR count). The number of benzene rings is 4. The van der Waals surface area contributed by atoms with Crippen LogP contribution in [0.2, 0.25) is 0 Å². The molecule has 0 radical (unpaired) electrons. The molecule has 0 saturated carbocycles. The predicted molar refractivity (Wildman–Crippen MR) is 153 cm³/mol. The number of anilines is 4. The fourth-order valence-electron chi connectivity index (χ4n) is 4.67. The summed E-state index contributed by atoms with van der Waals surface area (Å²) in [6.45, 7) is 8.70. The van der Waals surface area contributed by atoms with Crippen molar-refractivity contribution in [2.24, 2.45) is 0 Å². The van der Waals surface area contributed by atoms with Crippen LogP contribution in [0.4, 0.5) is 22.7 Å². The van der Waals surface area contributed by atoms with Gasteiger partial charge in [0.25, 0.3) is 0 Å². The van der Waals surface area contributed by atoms with E-state index in [9.17, 15) is 4.79 Å². The van der Waals surface area contributed by atoms with Gasteiger partial charge in [-0.3, -0.25) is 4.79 Å². The molecule has 0 saturated heterocycles. The summed E-state index contributed by atoms with van der Waals surface area (Å²) in [5.41, 5.74) is 10.9. The molecule has 0 aliphatic rings. The van der Waals surface area contributed by atoms with Gasteiger partial charge in [0, 0.05) is 33.9 Å². The molecule has 3 nitrogen and oxygen atoms in total. The first kappa shape index (κ1) is 25.2. The van der Waals surface area contributed by atoms with Crippen molar-refractivity contribution >= 4 is 28.5 Å². The van der Waals surface area contributed by atoms with Crippen LogP contribution in [-0.4, -0.2) is 5.78 Å². The third kappa shape index (κ3) is 5.52. The van der Waals surface area contributed by atoms with E-state index in [2.05, 4.69) is 74.7 Å². The fraction of sp³-hybridized carbons (Fsp3) is 0.242. The van der Waals surface area contributed by atoms with Crippen LogP contribution in [-0.2, 0) is 25.7 Å². The van der Waals surface area contributed by atoms with Gasteiger partial charge in [-0.1, -0.05) is 64.1 Å². The zero-order chi connectivity index (χ0) is 25.5. The van der Waals surface area contributed by atoms with Crippen molar-refractivity contribution in [1.29, 1.82) is 0 Å². The smallest absolute Gasteiger partial charge is 0.193 e. The molecule has 0 bridgehead atoms. The monoisotopic (exact) mass is 476 g/mol. The summed E-state index contributed by atoms with van der Waals surface area (Å²) in [6, 6.07) is 28.5. The van der Waals surface area contributed by atoms with Gasteiger partial charge < -0.3 is 10.6 Å². The summed E-state index contributed by atoms with van der Waals surface area (Å²) in [6.07, 6.45) is 3.89. The van der Waals surface area contributed by atoms with E-state index >= 15 is 0 Å². The molecular formula is C33H36N2O. The van der Waals surface area contributed by atoms with Crippen LogP contribution < -0.4 is 10.6 Å². The molecule has 0 unspecified atom stereocenters. The van der Waals surface area contributed by atoms with E-state index < -0.39 is 0 Å². The Morgan fingerprint density at radius 2 is 0.806 bits per heavy atom. The number of ketones is 1. The quantitative estimate of drug-likeness (QED) is 0.225. The average Bonchev–Trinajstić information content (AvgIpc) is 2.93. The molecular weight excluding hydrogens is 440 g/mol. The summed E-state index contributed by atoms with van der Waals surface area (Å²) >= 11 is 0. The summed E-state index contributed by atoms with van der Waals surface area (Å²) in [4.78, 5) is 13.1. The molecule has 0 spiro atoms. The first-order chi connectivity index (χ1) is 17.6. The fourth-order valence-corrected chi connectivity index (χ4v) is 4.67. The van der Waals surface area contributed by atoms with Gasteiger partial charge in [-0.2, -0.15) is 0 Å². The zero-order valence-corrected chi connectivity index (χ0v) is 21.8. The normalized spacial score (nSPS) is 10.8. The Bertz CT molecular complexity index is 1170. The van der Waals surface area contributed by atoms with E-state index in [0.29, 0.717) is 11.1 Å². The number of para-hydroxylation sites is 2. The average molecular weight is 477 g/mol. The number of carbonyl (C=O) groups excluding carboxylic acids is 1. The topological polar surface area (TPSA) is 41.1 Å². The maximum absolute atomic E-state index is 13.1. The van der Waals surface area contributed by atoms with Gasteiger partial charge in [0.15, 0.2) is 5.78 Å². The Kier molecular flexibility index (Phi) is 8.22. The van der Waals surface area contributed by atoms with E-state index in [1.165, 1.54) is 33.6 Å². The van der Waals surface area contributed by atoms with E-state index in [-0.39, 0.29) is 5.78 Å². The van der Waals surface area contributed by atoms with Crippen LogP contribution in [0.3, 0.4) is 0 Å². The lowest BCUT2D eigenvalue weighted by Gasteiger charge is -2.16. The van der Waals surface area contributed by atoms with Crippen LogP contribution in [0, 0.1) is 0 Å². The Morgan fingerprint density at radius 3 is 1.08 bits per heavy atom. The van der Waals surface area contributed by atoms with Crippen LogP contribution in [0.25, 0.3) is 0 Å². The van der Waals surface area contributed by atoms with E-state index in [1.807, 2.05) is 48.5 Å². The van der Waals surface area contributed by atoms with Crippen molar-refractivity contribution in [1.82, 2.24) is 0 Å². The molecule has 0 aromatic heterocycles. The van der Waals surface area contributed by atoms with E-state index in [1.54, 1.807) is 0 Å². The van der Waals surface area contributed by atoms with Crippen LogP contribution in [0.15, 0.2) is 84.9 Å². The third-order valence-electron chi connectivity index (χ3n) is 6.83. The number of nitrogens with one attached hydrogen (secondary N) is 2. The minimum Gasteiger partial charge on any atom is -0.355 e. The summed E-state index contributed by atoms with van der Waals surface area (Å²) < 4.78 is 0. The Labute approximate surface area is 215 Å². The summed E-state index contributed by atoms with van der Waals surface area (Å²) in [7, 11) is 0. The van der Waals surface area contributed by atoms with Crippen molar-refractivity contribution in [3.63, 3.8) is 0 Å². The van der Waals surface area contributed by atoms with Gasteiger partial charge in [0.05, 0.1) is 0 Å². The minimum atomic E-state index is 0.0273. The highest BCUT2D eigenvalue weighted by molar-refractivity contribution is 6.09. The number of carbonyl (C=O) groups is 1. The van der Waals surface area contributed by atoms with Gasteiger partial charge >= 0.3 is 0 Å². The Morgan fingerprint density at radius 1 is 0.500 bits per heavy atom. The van der Waals surface area contributed by atoms with E-state index in [0.717, 1.165) is 37.1 Å². The minimum absolute atomic E-state index is 0.0273. The molecule has 4 aromatic rings. The molecule has 0 amide bonds. The van der Waals surface area contributed by atoms with Crippen molar-refractivity contribution in [2.75, 3.05) is 10.6 Å². The first-order valence-corrected chi connectivity index (χ1v) is 13.1. The number of aryl methyl sites for hydroxylation is 4. The zero-order valence-electron chi connectivity index (χ0n) is 21.8. The highest BCUT2D eigenvalue weighted by Crippen LogP contribution is 2.28. The van der Waals surface area contributed by atoms with Gasteiger partial charge in [0.2, 0.25) is 0 Å². The van der Waals surface area contributed by atoms with Gasteiger partial charge in [-0.15, -0.1) is 0 Å². The molecule has 0 aliphatic heterocycles. The Hall–Kier alpha value is -3.85. The summed E-state index contributed by atoms with van der Waals surface area (Å²) in [5.74, 6) is 0.0273. The van der Waals surface area contributed by atoms with Crippen LogP contribution in [0.1, 0.15) is 65.9 Å². The lowest BCUT2D eigenvalue weighted by Crippen LogP contribution is -2.04. The van der Waals surface area contributed by atoms with Crippen LogP contribution >= 0.6 is 0 Å². The second kappa shape index (κ2) is 11.7. The maximum Gasteiger partial charge on any atom is 0.193 e. The van der Waals surface area contributed by atoms with E-state index in [4.69, 9.17) is 0 Å². The van der Waals surface area contributed by atoms with Crippen molar-refractivity contribution < 1.29 is 4.79 Å². The lowest BCUT2D eigenvalue weighted by molar-refractivity contribution is 0.103. The first-order valence-electron chi connectivity index (χ1n) is 13.1. The third-order valence-corrected chi connectivity index (χ3v) is 6.83. The number of hydrogen-bond donors (Lipinski definition) is 2. The number of rotatable bonds is 10. The Balaban J connectivity index is 1.49. The highest BCUT2D eigenvalue weighted by Gasteiger charge is 2.12.